The first kappa shape index (κ1) is 52.6. The summed E-state index contributed by atoms with van der Waals surface area (Å²) in [5.41, 5.74) is 4.98. The Bertz CT molecular complexity index is 2460. The molecule has 0 N–H and O–H groups in total. The van der Waals surface area contributed by atoms with Crippen LogP contribution in [-0.2, 0) is 4.84 Å². The van der Waals surface area contributed by atoms with Crippen LogP contribution in [0.5, 0.6) is 34.5 Å². The second kappa shape index (κ2) is 27.4. The summed E-state index contributed by atoms with van der Waals surface area (Å²) in [5, 5.41) is 5.84. The van der Waals surface area contributed by atoms with E-state index in [2.05, 4.69) is 15.1 Å². The van der Waals surface area contributed by atoms with E-state index in [0.29, 0.717) is 124 Å². The van der Waals surface area contributed by atoms with Gasteiger partial charge in [-0.1, -0.05) is 110 Å². The van der Waals surface area contributed by atoms with Crippen LogP contribution >= 0.6 is 92.8 Å². The van der Waals surface area contributed by atoms with Crippen molar-refractivity contribution in [2.24, 2.45) is 5.16 Å². The normalized spacial score (nSPS) is 10.7. The standard InChI is InChI=1S/C50H43Cl8N3O7/c1-62-61-48(36-26-32(42-10-2-4-18-59-42)12-14-44(36)65-20-6-8-22-67-49-38(51)28-34(29-39(49)52)63-24-16-46(55)56)37-27-33(43-11-3-5-19-60-43)13-15-45(37)66-21-7-9-23-68-50-40(53)30-35(31-41(50)54)64-25-17-47(57)58/h2-5,10-19,26-31H,6-9,20-25H2,1H3. The molecule has 0 saturated carbocycles. The Kier molecular flexibility index (Phi) is 21.2. The van der Waals surface area contributed by atoms with Crippen molar-refractivity contribution in [3.05, 3.63) is 162 Å². The third kappa shape index (κ3) is 15.9. The molecule has 0 unspecified atom stereocenters. The fourth-order valence-corrected chi connectivity index (χ4v) is 7.84. The van der Waals surface area contributed by atoms with Gasteiger partial charge in [0.25, 0.3) is 0 Å². The van der Waals surface area contributed by atoms with Crippen molar-refractivity contribution in [1.82, 2.24) is 9.97 Å². The summed E-state index contributed by atoms with van der Waals surface area (Å²) in [6.45, 7) is 1.66. The Labute approximate surface area is 435 Å². The highest BCUT2D eigenvalue weighted by molar-refractivity contribution is 6.56. The number of hydrogen-bond donors (Lipinski definition) is 0. The van der Waals surface area contributed by atoms with Crippen molar-refractivity contribution in [3.8, 4) is 57.0 Å². The van der Waals surface area contributed by atoms with Gasteiger partial charge in [0.15, 0.2) is 11.5 Å². The molecule has 0 aliphatic heterocycles. The molecule has 2 heterocycles. The molecule has 68 heavy (non-hydrogen) atoms. The van der Waals surface area contributed by atoms with Gasteiger partial charge in [-0.05, 0) is 98.5 Å². The molecular weight excluding hydrogens is 1040 g/mol. The SMILES string of the molecule is CON=C(c1cc(-c2ccccn2)ccc1OCCCCOc1c(Cl)cc(OCC=C(Cl)Cl)cc1Cl)c1cc(-c2ccccn2)ccc1OCCCCOc1c(Cl)cc(OCC=C(Cl)Cl)cc1Cl. The maximum atomic E-state index is 6.50. The van der Waals surface area contributed by atoms with Gasteiger partial charge in [0.05, 0.1) is 57.9 Å². The van der Waals surface area contributed by atoms with Crippen molar-refractivity contribution in [3.63, 3.8) is 0 Å². The van der Waals surface area contributed by atoms with Crippen molar-refractivity contribution in [1.29, 1.82) is 0 Å². The van der Waals surface area contributed by atoms with Crippen LogP contribution < -0.4 is 28.4 Å². The zero-order chi connectivity index (χ0) is 48.3. The summed E-state index contributed by atoms with van der Waals surface area (Å²) in [6.07, 6.45) is 9.02. The van der Waals surface area contributed by atoms with Gasteiger partial charge < -0.3 is 33.3 Å². The lowest BCUT2D eigenvalue weighted by Gasteiger charge is -2.18. The number of aromatic nitrogens is 2. The largest absolute Gasteiger partial charge is 0.493 e. The van der Waals surface area contributed by atoms with E-state index in [-0.39, 0.29) is 22.2 Å². The second-order valence-electron chi connectivity index (χ2n) is 14.3. The average molecular weight is 1080 g/mol. The average Bonchev–Trinajstić information content (AvgIpc) is 3.32. The van der Waals surface area contributed by atoms with Gasteiger partial charge >= 0.3 is 0 Å². The third-order valence-electron chi connectivity index (χ3n) is 9.58. The monoisotopic (exact) mass is 1080 g/mol. The predicted octanol–water partition coefficient (Wildman–Crippen LogP) is 15.7. The van der Waals surface area contributed by atoms with Crippen molar-refractivity contribution in [2.45, 2.75) is 25.7 Å². The highest BCUT2D eigenvalue weighted by atomic mass is 35.5. The highest BCUT2D eigenvalue weighted by Gasteiger charge is 2.22. The maximum absolute atomic E-state index is 6.50. The molecule has 6 aromatic rings. The van der Waals surface area contributed by atoms with Crippen molar-refractivity contribution in [2.75, 3.05) is 46.8 Å². The van der Waals surface area contributed by atoms with Crippen LogP contribution in [0.3, 0.4) is 0 Å². The Balaban J connectivity index is 1.17. The molecule has 0 fully saturated rings. The van der Waals surface area contributed by atoms with E-state index in [1.807, 2.05) is 72.8 Å². The van der Waals surface area contributed by atoms with Crippen LogP contribution in [0.4, 0.5) is 0 Å². The minimum atomic E-state index is 0.0958. The Morgan fingerprint density at radius 2 is 0.897 bits per heavy atom. The van der Waals surface area contributed by atoms with Crippen LogP contribution in [-0.4, -0.2) is 62.4 Å². The van der Waals surface area contributed by atoms with E-state index in [1.54, 1.807) is 36.7 Å². The lowest BCUT2D eigenvalue weighted by molar-refractivity contribution is 0.213. The van der Waals surface area contributed by atoms with Gasteiger partial charge in [0.2, 0.25) is 0 Å². The summed E-state index contributed by atoms with van der Waals surface area (Å²) in [7, 11) is 1.49. The van der Waals surface area contributed by atoms with E-state index >= 15 is 0 Å². The number of oxime groups is 1. The van der Waals surface area contributed by atoms with Gasteiger partial charge in [-0.2, -0.15) is 0 Å². The summed E-state index contributed by atoms with van der Waals surface area (Å²) in [6, 6.07) is 29.6. The van der Waals surface area contributed by atoms with E-state index in [4.69, 9.17) is 126 Å². The molecular formula is C50H43Cl8N3O7. The molecule has 0 saturated heterocycles. The van der Waals surface area contributed by atoms with Crippen LogP contribution in [0, 0.1) is 0 Å². The van der Waals surface area contributed by atoms with Crippen molar-refractivity contribution >= 4 is 98.5 Å². The molecule has 4 aromatic carbocycles. The van der Waals surface area contributed by atoms with Crippen LogP contribution in [0.2, 0.25) is 20.1 Å². The van der Waals surface area contributed by atoms with E-state index in [9.17, 15) is 0 Å². The predicted molar refractivity (Wildman–Crippen MR) is 276 cm³/mol. The Hall–Kier alpha value is -4.75. The van der Waals surface area contributed by atoms with E-state index in [1.165, 1.54) is 19.3 Å². The van der Waals surface area contributed by atoms with E-state index in [0.717, 1.165) is 22.5 Å². The Morgan fingerprint density at radius 3 is 1.25 bits per heavy atom. The van der Waals surface area contributed by atoms with Gasteiger partial charge in [0, 0.05) is 58.9 Å². The minimum Gasteiger partial charge on any atom is -0.493 e. The molecule has 0 amide bonds. The fraction of sp³-hybridized carbons (Fsp3) is 0.220. The molecule has 0 radical (unpaired) electrons. The fourth-order valence-electron chi connectivity index (χ4n) is 6.44. The zero-order valence-electron chi connectivity index (χ0n) is 36.3. The summed E-state index contributed by atoms with van der Waals surface area (Å²) in [5.74, 6) is 2.73. The summed E-state index contributed by atoms with van der Waals surface area (Å²) < 4.78 is 36.3. The number of pyridine rings is 2. The molecule has 0 atom stereocenters. The number of nitrogens with zero attached hydrogens (tertiary/aromatic N) is 3. The zero-order valence-corrected chi connectivity index (χ0v) is 42.4. The topological polar surface area (TPSA) is 103 Å². The second-order valence-corrected chi connectivity index (χ2v) is 18.0. The van der Waals surface area contributed by atoms with E-state index < -0.39 is 0 Å². The lowest BCUT2D eigenvalue weighted by Crippen LogP contribution is -2.12. The number of benzene rings is 4. The molecule has 10 nitrogen and oxygen atoms in total. The summed E-state index contributed by atoms with van der Waals surface area (Å²) in [4.78, 5) is 14.8. The number of halogens is 8. The number of hydrogen-bond acceptors (Lipinski definition) is 10. The molecule has 0 aliphatic carbocycles. The molecule has 6 rings (SSSR count). The highest BCUT2D eigenvalue weighted by Crippen LogP contribution is 2.39. The van der Waals surface area contributed by atoms with Gasteiger partial charge in [-0.3, -0.25) is 9.97 Å². The molecule has 356 valence electrons. The minimum absolute atomic E-state index is 0.0958. The van der Waals surface area contributed by atoms with Crippen LogP contribution in [0.25, 0.3) is 22.5 Å². The van der Waals surface area contributed by atoms with Gasteiger partial charge in [-0.25, -0.2) is 0 Å². The van der Waals surface area contributed by atoms with Crippen LogP contribution in [0.15, 0.2) is 136 Å². The first-order valence-corrected chi connectivity index (χ1v) is 24.0. The van der Waals surface area contributed by atoms with Crippen molar-refractivity contribution < 1.29 is 33.3 Å². The van der Waals surface area contributed by atoms with Gasteiger partial charge in [-0.15, -0.1) is 0 Å². The molecule has 0 bridgehead atoms. The molecule has 18 heteroatoms. The molecule has 2 aromatic heterocycles. The summed E-state index contributed by atoms with van der Waals surface area (Å²) >= 11 is 48.6. The maximum Gasteiger partial charge on any atom is 0.156 e. The number of rotatable bonds is 25. The lowest BCUT2D eigenvalue weighted by atomic mass is 9.95. The number of unbranched alkanes of at least 4 members (excludes halogenated alkanes) is 2. The number of ether oxygens (including phenoxy) is 6. The third-order valence-corrected chi connectivity index (χ3v) is 11.3. The first-order chi connectivity index (χ1) is 33.0. The molecule has 0 aliphatic rings. The quantitative estimate of drug-likeness (QED) is 0.0315. The first-order valence-electron chi connectivity index (χ1n) is 21.0. The van der Waals surface area contributed by atoms with Crippen LogP contribution in [0.1, 0.15) is 36.8 Å². The molecule has 0 spiro atoms. The smallest absolute Gasteiger partial charge is 0.156 e. The Morgan fingerprint density at radius 1 is 0.500 bits per heavy atom. The van der Waals surface area contributed by atoms with Gasteiger partial charge in [0.1, 0.15) is 58.0 Å².